The van der Waals surface area contributed by atoms with Gasteiger partial charge in [-0.15, -0.1) is 0 Å². The second-order valence-corrected chi connectivity index (χ2v) is 7.55. The quantitative estimate of drug-likeness (QED) is 0.718. The Morgan fingerprint density at radius 2 is 1.75 bits per heavy atom. The number of hydrogen-bond donors (Lipinski definition) is 2. The van der Waals surface area contributed by atoms with Crippen LogP contribution in [-0.2, 0) is 11.3 Å². The number of hydrogen-bond acceptors (Lipinski definition) is 4. The number of aromatic amines is 1. The van der Waals surface area contributed by atoms with E-state index < -0.39 is 0 Å². The van der Waals surface area contributed by atoms with Crippen LogP contribution in [0.5, 0.6) is 0 Å². The summed E-state index contributed by atoms with van der Waals surface area (Å²) in [4.78, 5) is 17.1. The number of aryl methyl sites for hydroxylation is 2. The van der Waals surface area contributed by atoms with E-state index in [0.717, 1.165) is 49.8 Å². The number of carbonyl (C=O) groups excluding carboxylic acids is 1. The average Bonchev–Trinajstić information content (AvgIpc) is 3.02. The van der Waals surface area contributed by atoms with Gasteiger partial charge in [0.1, 0.15) is 0 Å². The third-order valence-electron chi connectivity index (χ3n) is 5.50. The minimum Gasteiger partial charge on any atom is -0.322 e. The molecule has 28 heavy (non-hydrogen) atoms. The molecule has 0 radical (unpaired) electrons. The summed E-state index contributed by atoms with van der Waals surface area (Å²) in [6.07, 6.45) is 0. The van der Waals surface area contributed by atoms with E-state index in [4.69, 9.17) is 0 Å². The number of rotatable bonds is 5. The lowest BCUT2D eigenvalue weighted by Crippen LogP contribution is -2.48. The fourth-order valence-electron chi connectivity index (χ4n) is 3.89. The summed E-state index contributed by atoms with van der Waals surface area (Å²) in [5, 5.41) is 12.6. The van der Waals surface area contributed by atoms with E-state index in [1.807, 2.05) is 13.8 Å². The summed E-state index contributed by atoms with van der Waals surface area (Å²) in [7, 11) is 0. The Kier molecular flexibility index (Phi) is 5.41. The molecule has 0 saturated carbocycles. The van der Waals surface area contributed by atoms with Gasteiger partial charge in [0.05, 0.1) is 23.6 Å². The molecule has 0 aliphatic carbocycles. The van der Waals surface area contributed by atoms with Crippen LogP contribution >= 0.6 is 0 Å². The van der Waals surface area contributed by atoms with Crippen molar-refractivity contribution in [3.05, 3.63) is 59.4 Å². The van der Waals surface area contributed by atoms with Crippen LogP contribution in [0.15, 0.2) is 42.5 Å². The van der Waals surface area contributed by atoms with Crippen molar-refractivity contribution >= 4 is 22.4 Å². The highest BCUT2D eigenvalue weighted by atomic mass is 16.2. The minimum absolute atomic E-state index is 0.0232. The van der Waals surface area contributed by atoms with Gasteiger partial charge < -0.3 is 5.32 Å². The Bertz CT molecular complexity index is 947. The van der Waals surface area contributed by atoms with Crippen LogP contribution in [0.3, 0.4) is 0 Å². The lowest BCUT2D eigenvalue weighted by Gasteiger charge is -2.34. The summed E-state index contributed by atoms with van der Waals surface area (Å²) in [6.45, 7) is 8.94. The topological polar surface area (TPSA) is 64.3 Å². The number of H-pyrrole nitrogens is 1. The van der Waals surface area contributed by atoms with E-state index in [1.54, 1.807) is 0 Å². The van der Waals surface area contributed by atoms with Crippen molar-refractivity contribution in [2.24, 2.45) is 0 Å². The highest BCUT2D eigenvalue weighted by molar-refractivity contribution is 5.93. The average molecular weight is 377 g/mol. The van der Waals surface area contributed by atoms with Gasteiger partial charge in [-0.2, -0.15) is 5.10 Å². The molecule has 0 atom stereocenters. The van der Waals surface area contributed by atoms with Gasteiger partial charge in [-0.25, -0.2) is 0 Å². The van der Waals surface area contributed by atoms with Crippen LogP contribution < -0.4 is 5.32 Å². The summed E-state index contributed by atoms with van der Waals surface area (Å²) in [5.74, 6) is 0.0232. The van der Waals surface area contributed by atoms with E-state index in [2.05, 4.69) is 67.8 Å². The molecule has 1 fully saturated rings. The Morgan fingerprint density at radius 3 is 2.50 bits per heavy atom. The minimum atomic E-state index is 0.0232. The first kappa shape index (κ1) is 18.7. The van der Waals surface area contributed by atoms with Gasteiger partial charge in [-0.05, 0) is 30.2 Å². The summed E-state index contributed by atoms with van der Waals surface area (Å²) >= 11 is 0. The molecule has 1 aliphatic heterocycles. The van der Waals surface area contributed by atoms with Crippen molar-refractivity contribution in [2.75, 3.05) is 38.0 Å². The van der Waals surface area contributed by atoms with Gasteiger partial charge in [0.25, 0.3) is 0 Å². The smallest absolute Gasteiger partial charge is 0.238 e. The monoisotopic (exact) mass is 377 g/mol. The molecule has 3 aromatic rings. The molecule has 1 aromatic heterocycles. The van der Waals surface area contributed by atoms with Gasteiger partial charge in [0.15, 0.2) is 0 Å². The molecule has 0 spiro atoms. The third-order valence-corrected chi connectivity index (χ3v) is 5.50. The number of nitrogens with zero attached hydrogens (tertiary/aromatic N) is 3. The van der Waals surface area contributed by atoms with Gasteiger partial charge >= 0.3 is 0 Å². The molecular formula is C22H27N5O. The van der Waals surface area contributed by atoms with Gasteiger partial charge in [0, 0.05) is 32.7 Å². The zero-order valence-electron chi connectivity index (χ0n) is 16.5. The molecule has 0 bridgehead atoms. The molecule has 0 unspecified atom stereocenters. The van der Waals surface area contributed by atoms with Crippen LogP contribution in [0.25, 0.3) is 10.8 Å². The lowest BCUT2D eigenvalue weighted by atomic mass is 10.0. The van der Waals surface area contributed by atoms with Crippen molar-refractivity contribution in [1.29, 1.82) is 0 Å². The molecule has 1 aliphatic rings. The van der Waals surface area contributed by atoms with Crippen LogP contribution in [0.2, 0.25) is 0 Å². The molecule has 6 heteroatoms. The van der Waals surface area contributed by atoms with Crippen molar-refractivity contribution in [2.45, 2.75) is 20.4 Å². The lowest BCUT2D eigenvalue weighted by molar-refractivity contribution is -0.117. The third kappa shape index (κ3) is 4.08. The van der Waals surface area contributed by atoms with Crippen LogP contribution in [0.1, 0.15) is 17.0 Å². The number of piperazine rings is 1. The molecule has 146 valence electrons. The largest absolute Gasteiger partial charge is 0.322 e. The van der Waals surface area contributed by atoms with Gasteiger partial charge in [-0.3, -0.25) is 19.7 Å². The molecule has 6 nitrogen and oxygen atoms in total. The van der Waals surface area contributed by atoms with E-state index in [9.17, 15) is 4.79 Å². The van der Waals surface area contributed by atoms with Crippen LogP contribution in [0, 0.1) is 13.8 Å². The normalized spacial score (nSPS) is 15.8. The van der Waals surface area contributed by atoms with E-state index >= 15 is 0 Å². The number of benzene rings is 2. The van der Waals surface area contributed by atoms with Crippen molar-refractivity contribution in [3.63, 3.8) is 0 Å². The maximum absolute atomic E-state index is 12.4. The first-order chi connectivity index (χ1) is 13.6. The SMILES string of the molecule is Cc1n[nH]c(C)c1NC(=O)CN1CCN(Cc2cccc3ccccc23)CC1. The standard InChI is InChI=1S/C22H27N5O/c1-16-22(17(2)25-24-16)23-21(28)15-27-12-10-26(11-13-27)14-19-8-5-7-18-6-3-4-9-20(18)19/h3-9H,10-15H2,1-2H3,(H,23,28)(H,24,25). The zero-order valence-corrected chi connectivity index (χ0v) is 16.5. The number of carbonyl (C=O) groups is 1. The predicted molar refractivity (Wildman–Crippen MR) is 112 cm³/mol. The molecular weight excluding hydrogens is 350 g/mol. The van der Waals surface area contributed by atoms with Crippen molar-refractivity contribution < 1.29 is 4.79 Å². The Balaban J connectivity index is 1.30. The highest BCUT2D eigenvalue weighted by Crippen LogP contribution is 2.21. The maximum Gasteiger partial charge on any atom is 0.238 e. The fourth-order valence-corrected chi connectivity index (χ4v) is 3.89. The van der Waals surface area contributed by atoms with E-state index in [0.29, 0.717) is 6.54 Å². The van der Waals surface area contributed by atoms with Crippen LogP contribution in [0.4, 0.5) is 5.69 Å². The molecule has 2 heterocycles. The number of fused-ring (bicyclic) bond motifs is 1. The van der Waals surface area contributed by atoms with Crippen molar-refractivity contribution in [3.8, 4) is 0 Å². The van der Waals surface area contributed by atoms with E-state index in [1.165, 1.54) is 16.3 Å². The van der Waals surface area contributed by atoms with E-state index in [-0.39, 0.29) is 5.91 Å². The number of anilines is 1. The molecule has 1 amide bonds. The second kappa shape index (κ2) is 8.12. The van der Waals surface area contributed by atoms with Gasteiger partial charge in [-0.1, -0.05) is 42.5 Å². The second-order valence-electron chi connectivity index (χ2n) is 7.55. The first-order valence-corrected chi connectivity index (χ1v) is 9.83. The van der Waals surface area contributed by atoms with Gasteiger partial charge in [0.2, 0.25) is 5.91 Å². The summed E-state index contributed by atoms with van der Waals surface area (Å²) < 4.78 is 0. The molecule has 2 N–H and O–H groups in total. The maximum atomic E-state index is 12.4. The fraction of sp³-hybridized carbons (Fsp3) is 0.364. The summed E-state index contributed by atoms with van der Waals surface area (Å²) in [5.41, 5.74) is 3.89. The number of amides is 1. The summed E-state index contributed by atoms with van der Waals surface area (Å²) in [6, 6.07) is 15.1. The molecule has 2 aromatic carbocycles. The highest BCUT2D eigenvalue weighted by Gasteiger charge is 2.20. The van der Waals surface area contributed by atoms with Crippen LogP contribution in [-0.4, -0.2) is 58.6 Å². The Hall–Kier alpha value is -2.70. The Labute approximate surface area is 165 Å². The number of nitrogens with one attached hydrogen (secondary N) is 2. The predicted octanol–water partition coefficient (Wildman–Crippen LogP) is 2.94. The van der Waals surface area contributed by atoms with Crippen molar-refractivity contribution in [1.82, 2.24) is 20.0 Å². The zero-order chi connectivity index (χ0) is 19.5. The Morgan fingerprint density at radius 1 is 1.04 bits per heavy atom. The number of aromatic nitrogens is 2. The molecule has 1 saturated heterocycles. The first-order valence-electron chi connectivity index (χ1n) is 9.83. The molecule has 4 rings (SSSR count).